The third-order valence-corrected chi connectivity index (χ3v) is 3.12. The van der Waals surface area contributed by atoms with E-state index in [-0.39, 0.29) is 0 Å². The summed E-state index contributed by atoms with van der Waals surface area (Å²) in [6.07, 6.45) is 0. The Morgan fingerprint density at radius 3 is 3.00 bits per heavy atom. The third kappa shape index (κ3) is 1.19. The van der Waals surface area contributed by atoms with E-state index in [0.29, 0.717) is 13.2 Å². The van der Waals surface area contributed by atoms with E-state index in [1.54, 1.807) is 0 Å². The van der Waals surface area contributed by atoms with Crippen molar-refractivity contribution in [1.82, 2.24) is 0 Å². The van der Waals surface area contributed by atoms with Gasteiger partial charge in [-0.05, 0) is 27.6 Å². The van der Waals surface area contributed by atoms with Crippen molar-refractivity contribution in [2.24, 2.45) is 0 Å². The Labute approximate surface area is 78.4 Å². The van der Waals surface area contributed by atoms with Gasteiger partial charge < -0.3 is 4.74 Å². The zero-order chi connectivity index (χ0) is 7.84. The van der Waals surface area contributed by atoms with Crippen LogP contribution in [-0.2, 0) is 18.0 Å². The van der Waals surface area contributed by atoms with Crippen LogP contribution in [0.2, 0.25) is 5.02 Å². The normalized spacial score (nSPS) is 15.1. The predicted octanol–water partition coefficient (Wildman–Crippen LogP) is 3.13. The van der Waals surface area contributed by atoms with Crippen molar-refractivity contribution >= 4 is 27.5 Å². The number of ether oxygens (including phenoxy) is 1. The molecular weight excluding hydrogens is 227 g/mol. The molecule has 1 aliphatic rings. The van der Waals surface area contributed by atoms with E-state index < -0.39 is 0 Å². The van der Waals surface area contributed by atoms with Crippen LogP contribution in [0.3, 0.4) is 0 Å². The standard InChI is InChI=1S/C8H6BrClO/c9-7-2-1-5-3-11-4-6(5)8(7)10/h1-2H,3-4H2. The molecule has 0 N–H and O–H groups in total. The fourth-order valence-corrected chi connectivity index (χ4v) is 1.80. The van der Waals surface area contributed by atoms with Crippen molar-refractivity contribution in [3.8, 4) is 0 Å². The van der Waals surface area contributed by atoms with Gasteiger partial charge in [-0.3, -0.25) is 0 Å². The highest BCUT2D eigenvalue weighted by atomic mass is 79.9. The largest absolute Gasteiger partial charge is 0.372 e. The van der Waals surface area contributed by atoms with Gasteiger partial charge in [-0.2, -0.15) is 0 Å². The number of hydrogen-bond acceptors (Lipinski definition) is 1. The molecule has 0 saturated carbocycles. The van der Waals surface area contributed by atoms with Crippen molar-refractivity contribution in [1.29, 1.82) is 0 Å². The second-order valence-electron chi connectivity index (χ2n) is 2.49. The number of halogens is 2. The summed E-state index contributed by atoms with van der Waals surface area (Å²) in [7, 11) is 0. The molecule has 0 spiro atoms. The summed E-state index contributed by atoms with van der Waals surface area (Å²) in [6.45, 7) is 1.34. The molecule has 2 rings (SSSR count). The van der Waals surface area contributed by atoms with Crippen LogP contribution in [0.25, 0.3) is 0 Å². The molecule has 0 bridgehead atoms. The molecule has 58 valence electrons. The monoisotopic (exact) mass is 232 g/mol. The van der Waals surface area contributed by atoms with E-state index in [2.05, 4.69) is 15.9 Å². The number of benzene rings is 1. The van der Waals surface area contributed by atoms with Crippen LogP contribution in [0.1, 0.15) is 11.1 Å². The van der Waals surface area contributed by atoms with Crippen LogP contribution in [0.4, 0.5) is 0 Å². The first-order valence-corrected chi connectivity index (χ1v) is 4.49. The van der Waals surface area contributed by atoms with Gasteiger partial charge in [0, 0.05) is 10.0 Å². The van der Waals surface area contributed by atoms with Crippen LogP contribution >= 0.6 is 27.5 Å². The molecule has 0 amide bonds. The minimum atomic E-state index is 0.646. The van der Waals surface area contributed by atoms with E-state index in [1.165, 1.54) is 5.56 Å². The van der Waals surface area contributed by atoms with Crippen LogP contribution in [0.15, 0.2) is 16.6 Å². The Bertz CT molecular complexity index is 298. The van der Waals surface area contributed by atoms with Crippen molar-refractivity contribution in [2.75, 3.05) is 0 Å². The minimum Gasteiger partial charge on any atom is -0.372 e. The smallest absolute Gasteiger partial charge is 0.0739 e. The Hall–Kier alpha value is -0.0500. The number of fused-ring (bicyclic) bond motifs is 1. The lowest BCUT2D eigenvalue weighted by Crippen LogP contribution is -1.83. The molecule has 0 unspecified atom stereocenters. The van der Waals surface area contributed by atoms with Gasteiger partial charge in [-0.25, -0.2) is 0 Å². The fourth-order valence-electron chi connectivity index (χ4n) is 1.19. The molecule has 1 aromatic rings. The van der Waals surface area contributed by atoms with Gasteiger partial charge in [0.25, 0.3) is 0 Å². The third-order valence-electron chi connectivity index (χ3n) is 1.80. The van der Waals surface area contributed by atoms with Gasteiger partial charge in [0.1, 0.15) is 0 Å². The summed E-state index contributed by atoms with van der Waals surface area (Å²) in [5.74, 6) is 0. The molecule has 0 fully saturated rings. The van der Waals surface area contributed by atoms with Gasteiger partial charge >= 0.3 is 0 Å². The second-order valence-corrected chi connectivity index (χ2v) is 3.72. The molecule has 1 aromatic carbocycles. The SMILES string of the molecule is Clc1c(Br)ccc2c1COC2. The molecule has 3 heteroatoms. The van der Waals surface area contributed by atoms with E-state index >= 15 is 0 Å². The van der Waals surface area contributed by atoms with Gasteiger partial charge in [0.05, 0.1) is 18.2 Å². The van der Waals surface area contributed by atoms with Crippen molar-refractivity contribution < 1.29 is 4.74 Å². The lowest BCUT2D eigenvalue weighted by Gasteiger charge is -2.00. The Morgan fingerprint density at radius 1 is 1.36 bits per heavy atom. The summed E-state index contributed by atoms with van der Waals surface area (Å²) in [4.78, 5) is 0. The van der Waals surface area contributed by atoms with Crippen molar-refractivity contribution in [3.63, 3.8) is 0 Å². The Morgan fingerprint density at radius 2 is 2.18 bits per heavy atom. The Balaban J connectivity index is 2.62. The average Bonchev–Trinajstić information content (AvgIpc) is 2.45. The van der Waals surface area contributed by atoms with Crippen LogP contribution in [0, 0.1) is 0 Å². The lowest BCUT2D eigenvalue weighted by molar-refractivity contribution is 0.134. The topological polar surface area (TPSA) is 9.23 Å². The van der Waals surface area contributed by atoms with Crippen molar-refractivity contribution in [2.45, 2.75) is 13.2 Å². The quantitative estimate of drug-likeness (QED) is 0.669. The van der Waals surface area contributed by atoms with Crippen LogP contribution < -0.4 is 0 Å². The highest BCUT2D eigenvalue weighted by molar-refractivity contribution is 9.10. The summed E-state index contributed by atoms with van der Waals surface area (Å²) in [6, 6.07) is 3.99. The minimum absolute atomic E-state index is 0.646. The average molecular weight is 233 g/mol. The van der Waals surface area contributed by atoms with Crippen LogP contribution in [0.5, 0.6) is 0 Å². The molecule has 0 saturated heterocycles. The molecule has 0 aromatic heterocycles. The molecule has 1 aliphatic heterocycles. The molecule has 1 nitrogen and oxygen atoms in total. The Kier molecular flexibility index (Phi) is 1.91. The van der Waals surface area contributed by atoms with Gasteiger partial charge in [0.2, 0.25) is 0 Å². The van der Waals surface area contributed by atoms with Crippen LogP contribution in [-0.4, -0.2) is 0 Å². The lowest BCUT2D eigenvalue weighted by atomic mass is 10.1. The highest BCUT2D eigenvalue weighted by Gasteiger charge is 2.15. The molecule has 11 heavy (non-hydrogen) atoms. The van der Waals surface area contributed by atoms with E-state index in [4.69, 9.17) is 16.3 Å². The van der Waals surface area contributed by atoms with E-state index in [0.717, 1.165) is 15.1 Å². The van der Waals surface area contributed by atoms with Crippen molar-refractivity contribution in [3.05, 3.63) is 32.8 Å². The van der Waals surface area contributed by atoms with Gasteiger partial charge in [0.15, 0.2) is 0 Å². The first-order chi connectivity index (χ1) is 5.29. The van der Waals surface area contributed by atoms with E-state index in [1.807, 2.05) is 12.1 Å². The zero-order valence-electron chi connectivity index (χ0n) is 5.73. The molecule has 1 heterocycles. The molecule has 0 atom stereocenters. The summed E-state index contributed by atoms with van der Waals surface area (Å²) < 4.78 is 6.19. The molecule has 0 aliphatic carbocycles. The fraction of sp³-hybridized carbons (Fsp3) is 0.250. The highest BCUT2D eigenvalue weighted by Crippen LogP contribution is 2.32. The van der Waals surface area contributed by atoms with E-state index in [9.17, 15) is 0 Å². The molecular formula is C8H6BrClO. The molecule has 0 radical (unpaired) electrons. The maximum absolute atomic E-state index is 6.01. The number of rotatable bonds is 0. The summed E-state index contributed by atoms with van der Waals surface area (Å²) >= 11 is 9.37. The number of hydrogen-bond donors (Lipinski definition) is 0. The maximum atomic E-state index is 6.01. The maximum Gasteiger partial charge on any atom is 0.0739 e. The summed E-state index contributed by atoms with van der Waals surface area (Å²) in [5.41, 5.74) is 2.33. The summed E-state index contributed by atoms with van der Waals surface area (Å²) in [5, 5.41) is 0.792. The van der Waals surface area contributed by atoms with Gasteiger partial charge in [-0.1, -0.05) is 17.7 Å². The first kappa shape index (κ1) is 7.59. The first-order valence-electron chi connectivity index (χ1n) is 3.32. The second kappa shape index (κ2) is 2.77. The van der Waals surface area contributed by atoms with Gasteiger partial charge in [-0.15, -0.1) is 0 Å². The zero-order valence-corrected chi connectivity index (χ0v) is 8.08. The predicted molar refractivity (Wildman–Crippen MR) is 47.6 cm³/mol.